The highest BCUT2D eigenvalue weighted by Gasteiger charge is 2.38. The molecule has 0 aliphatic carbocycles. The van der Waals surface area contributed by atoms with Gasteiger partial charge in [-0.1, -0.05) is 19.1 Å². The number of halogens is 2. The molecule has 4 heteroatoms. The Hall–Kier alpha value is -1.16. The Morgan fingerprint density at radius 3 is 2.11 bits per heavy atom. The summed E-state index contributed by atoms with van der Waals surface area (Å²) in [6.45, 7) is 6.91. The van der Waals surface area contributed by atoms with Crippen LogP contribution in [-0.2, 0) is 5.60 Å². The fraction of sp³-hybridized carbons (Fsp3) is 0.600. The molecule has 0 aliphatic heterocycles. The molecule has 108 valence electrons. The summed E-state index contributed by atoms with van der Waals surface area (Å²) in [6, 6.07) is 6.68. The van der Waals surface area contributed by atoms with Crippen molar-refractivity contribution >= 4 is 0 Å². The zero-order valence-electron chi connectivity index (χ0n) is 11.9. The van der Waals surface area contributed by atoms with Crippen molar-refractivity contribution in [3.63, 3.8) is 0 Å². The predicted octanol–water partition coefficient (Wildman–Crippen LogP) is 3.97. The summed E-state index contributed by atoms with van der Waals surface area (Å²) in [6.07, 6.45) is -2.28. The fourth-order valence-electron chi connectivity index (χ4n) is 2.18. The molecule has 0 heterocycles. The molecule has 0 bridgehead atoms. The Kier molecular flexibility index (Phi) is 5.29. The van der Waals surface area contributed by atoms with Crippen LogP contribution in [0.15, 0.2) is 24.3 Å². The van der Waals surface area contributed by atoms with Crippen molar-refractivity contribution in [3.05, 3.63) is 29.8 Å². The summed E-state index contributed by atoms with van der Waals surface area (Å²) in [5.41, 5.74) is -1.06. The second-order valence-electron chi connectivity index (χ2n) is 5.19. The van der Waals surface area contributed by atoms with Crippen molar-refractivity contribution in [2.45, 2.75) is 52.2 Å². The van der Waals surface area contributed by atoms with Gasteiger partial charge in [0.05, 0.1) is 17.6 Å². The standard InChI is InChI=1S/C15H22F2O2/c1-5-13(14(16)17)15(4,18)11-6-8-12(9-7-11)19-10(2)3/h6-10,13-14,18H,5H2,1-4H3. The molecule has 0 radical (unpaired) electrons. The number of hydrogen-bond donors (Lipinski definition) is 1. The lowest BCUT2D eigenvalue weighted by atomic mass is 9.81. The zero-order chi connectivity index (χ0) is 14.6. The van der Waals surface area contributed by atoms with Crippen LogP contribution in [0.5, 0.6) is 5.75 Å². The van der Waals surface area contributed by atoms with E-state index in [0.717, 1.165) is 0 Å². The SMILES string of the molecule is CCC(C(F)F)C(C)(O)c1ccc(OC(C)C)cc1. The van der Waals surface area contributed by atoms with Gasteiger partial charge in [-0.05, 0) is 44.9 Å². The van der Waals surface area contributed by atoms with Crippen molar-refractivity contribution in [3.8, 4) is 5.75 Å². The first-order valence-corrected chi connectivity index (χ1v) is 6.56. The van der Waals surface area contributed by atoms with Crippen LogP contribution in [0.25, 0.3) is 0 Å². The largest absolute Gasteiger partial charge is 0.491 e. The van der Waals surface area contributed by atoms with E-state index in [-0.39, 0.29) is 12.5 Å². The molecule has 0 saturated heterocycles. The molecule has 1 aromatic rings. The third-order valence-corrected chi connectivity index (χ3v) is 3.28. The Balaban J connectivity index is 2.95. The molecule has 0 amide bonds. The van der Waals surface area contributed by atoms with E-state index in [1.54, 1.807) is 31.2 Å². The van der Waals surface area contributed by atoms with Crippen LogP contribution >= 0.6 is 0 Å². The summed E-state index contributed by atoms with van der Waals surface area (Å²) in [5.74, 6) is -0.413. The highest BCUT2D eigenvalue weighted by molar-refractivity contribution is 5.31. The summed E-state index contributed by atoms with van der Waals surface area (Å²) in [4.78, 5) is 0. The molecular weight excluding hydrogens is 250 g/mol. The maximum absolute atomic E-state index is 12.9. The number of hydrogen-bond acceptors (Lipinski definition) is 2. The number of alkyl halides is 2. The number of ether oxygens (including phenoxy) is 1. The summed E-state index contributed by atoms with van der Waals surface area (Å²) >= 11 is 0. The number of rotatable bonds is 6. The minimum Gasteiger partial charge on any atom is -0.491 e. The minimum atomic E-state index is -2.55. The lowest BCUT2D eigenvalue weighted by molar-refractivity contribution is -0.0798. The Labute approximate surface area is 113 Å². The van der Waals surface area contributed by atoms with Crippen molar-refractivity contribution in [1.29, 1.82) is 0 Å². The molecule has 1 N–H and O–H groups in total. The average molecular weight is 272 g/mol. The van der Waals surface area contributed by atoms with E-state index in [9.17, 15) is 13.9 Å². The normalized spacial score (nSPS) is 16.5. The van der Waals surface area contributed by atoms with E-state index in [2.05, 4.69) is 0 Å². The van der Waals surface area contributed by atoms with Crippen LogP contribution in [0.1, 0.15) is 39.7 Å². The molecule has 19 heavy (non-hydrogen) atoms. The Morgan fingerprint density at radius 1 is 1.21 bits per heavy atom. The van der Waals surface area contributed by atoms with E-state index in [1.165, 1.54) is 6.92 Å². The van der Waals surface area contributed by atoms with Gasteiger partial charge in [-0.2, -0.15) is 0 Å². The first-order valence-electron chi connectivity index (χ1n) is 6.56. The molecule has 1 aromatic carbocycles. The summed E-state index contributed by atoms with van der Waals surface area (Å²) in [5, 5.41) is 10.4. The topological polar surface area (TPSA) is 29.5 Å². The van der Waals surface area contributed by atoms with Crippen LogP contribution < -0.4 is 4.74 Å². The van der Waals surface area contributed by atoms with Gasteiger partial charge in [-0.3, -0.25) is 0 Å². The lowest BCUT2D eigenvalue weighted by Gasteiger charge is -2.32. The quantitative estimate of drug-likeness (QED) is 0.849. The first-order chi connectivity index (χ1) is 8.78. The van der Waals surface area contributed by atoms with Crippen molar-refractivity contribution in [2.75, 3.05) is 0 Å². The van der Waals surface area contributed by atoms with Gasteiger partial charge >= 0.3 is 0 Å². The molecule has 0 aliphatic rings. The van der Waals surface area contributed by atoms with E-state index in [1.807, 2.05) is 13.8 Å². The maximum atomic E-state index is 12.9. The smallest absolute Gasteiger partial charge is 0.244 e. The maximum Gasteiger partial charge on any atom is 0.244 e. The van der Waals surface area contributed by atoms with E-state index in [0.29, 0.717) is 11.3 Å². The predicted molar refractivity (Wildman–Crippen MR) is 71.6 cm³/mol. The van der Waals surface area contributed by atoms with Gasteiger partial charge in [0.25, 0.3) is 0 Å². The van der Waals surface area contributed by atoms with Crippen LogP contribution in [0.2, 0.25) is 0 Å². The summed E-state index contributed by atoms with van der Waals surface area (Å²) in [7, 11) is 0. The molecule has 2 unspecified atom stereocenters. The van der Waals surface area contributed by atoms with Gasteiger partial charge in [-0.25, -0.2) is 8.78 Å². The Morgan fingerprint density at radius 2 is 1.74 bits per heavy atom. The molecule has 2 atom stereocenters. The number of aliphatic hydroxyl groups is 1. The third kappa shape index (κ3) is 3.90. The molecule has 1 rings (SSSR count). The van der Waals surface area contributed by atoms with E-state index < -0.39 is 17.9 Å². The minimum absolute atomic E-state index is 0.0517. The number of benzene rings is 1. The van der Waals surface area contributed by atoms with Crippen molar-refractivity contribution in [1.82, 2.24) is 0 Å². The summed E-state index contributed by atoms with van der Waals surface area (Å²) < 4.78 is 31.4. The van der Waals surface area contributed by atoms with Crippen LogP contribution in [0.4, 0.5) is 8.78 Å². The van der Waals surface area contributed by atoms with Gasteiger partial charge in [-0.15, -0.1) is 0 Å². The van der Waals surface area contributed by atoms with E-state index in [4.69, 9.17) is 4.74 Å². The fourth-order valence-corrected chi connectivity index (χ4v) is 2.18. The lowest BCUT2D eigenvalue weighted by Crippen LogP contribution is -2.36. The molecule has 0 fully saturated rings. The monoisotopic (exact) mass is 272 g/mol. The van der Waals surface area contributed by atoms with Crippen molar-refractivity contribution < 1.29 is 18.6 Å². The highest BCUT2D eigenvalue weighted by atomic mass is 19.3. The van der Waals surface area contributed by atoms with Crippen molar-refractivity contribution in [2.24, 2.45) is 5.92 Å². The molecule has 0 spiro atoms. The van der Waals surface area contributed by atoms with Gasteiger partial charge in [0.2, 0.25) is 6.43 Å². The van der Waals surface area contributed by atoms with Crippen LogP contribution in [-0.4, -0.2) is 17.6 Å². The van der Waals surface area contributed by atoms with E-state index >= 15 is 0 Å². The first kappa shape index (κ1) is 15.9. The second kappa shape index (κ2) is 6.33. The van der Waals surface area contributed by atoms with Gasteiger partial charge in [0.1, 0.15) is 5.75 Å². The van der Waals surface area contributed by atoms with Crippen LogP contribution in [0.3, 0.4) is 0 Å². The van der Waals surface area contributed by atoms with Gasteiger partial charge in [0, 0.05) is 0 Å². The molecule has 0 saturated carbocycles. The van der Waals surface area contributed by atoms with Gasteiger partial charge in [0.15, 0.2) is 0 Å². The van der Waals surface area contributed by atoms with Crippen LogP contribution in [0, 0.1) is 5.92 Å². The molecule has 2 nitrogen and oxygen atoms in total. The zero-order valence-corrected chi connectivity index (χ0v) is 11.9. The van der Waals surface area contributed by atoms with Gasteiger partial charge < -0.3 is 9.84 Å². The average Bonchev–Trinajstić information content (AvgIpc) is 2.28. The third-order valence-electron chi connectivity index (χ3n) is 3.28. The Bertz CT molecular complexity index is 386. The molecule has 0 aromatic heterocycles. The second-order valence-corrected chi connectivity index (χ2v) is 5.19. The highest BCUT2D eigenvalue weighted by Crippen LogP contribution is 2.36. The molecular formula is C15H22F2O2.